The lowest BCUT2D eigenvalue weighted by atomic mass is 9.97. The lowest BCUT2D eigenvalue weighted by Crippen LogP contribution is -2.31. The van der Waals surface area contributed by atoms with Crippen molar-refractivity contribution in [2.24, 2.45) is 5.92 Å². The van der Waals surface area contributed by atoms with E-state index in [1.807, 2.05) is 6.92 Å². The number of hydrogen-bond acceptors (Lipinski definition) is 7. The Hall–Kier alpha value is -2.61. The number of ether oxygens (including phenoxy) is 3. The highest BCUT2D eigenvalue weighted by atomic mass is 16.6. The van der Waals surface area contributed by atoms with E-state index in [-0.39, 0.29) is 44.0 Å². The van der Waals surface area contributed by atoms with Crippen molar-refractivity contribution < 1.29 is 33.7 Å². The number of rotatable bonds is 11. The summed E-state index contributed by atoms with van der Waals surface area (Å²) in [6.45, 7) is 6.95. The van der Waals surface area contributed by atoms with Crippen LogP contribution >= 0.6 is 0 Å². The van der Waals surface area contributed by atoms with E-state index in [1.54, 1.807) is 31.2 Å². The van der Waals surface area contributed by atoms with Gasteiger partial charge in [-0.15, -0.1) is 0 Å². The molecule has 2 N–H and O–H groups in total. The van der Waals surface area contributed by atoms with Gasteiger partial charge in [0.2, 0.25) is 0 Å². The molecule has 1 aromatic carbocycles. The lowest BCUT2D eigenvalue weighted by Gasteiger charge is -2.15. The number of ketones is 1. The molecule has 0 aliphatic heterocycles. The molecule has 156 valence electrons. The zero-order chi connectivity index (χ0) is 21.2. The summed E-state index contributed by atoms with van der Waals surface area (Å²) in [6.07, 6.45) is 0.0709. The smallest absolute Gasteiger partial charge is 0.407 e. The second-order valence-corrected chi connectivity index (χ2v) is 6.80. The Bertz CT molecular complexity index is 650. The molecular formula is C20H29NO7. The van der Waals surface area contributed by atoms with Crippen LogP contribution in [0.4, 0.5) is 4.79 Å². The van der Waals surface area contributed by atoms with Crippen LogP contribution in [0.1, 0.15) is 44.5 Å². The third-order valence-corrected chi connectivity index (χ3v) is 3.89. The number of alkyl carbamates (subject to hydrolysis) is 1. The fourth-order valence-electron chi connectivity index (χ4n) is 2.01. The number of hydrogen-bond donors (Lipinski definition) is 2. The van der Waals surface area contributed by atoms with E-state index in [1.165, 1.54) is 13.8 Å². The summed E-state index contributed by atoms with van der Waals surface area (Å²) < 4.78 is 15.4. The zero-order valence-electron chi connectivity index (χ0n) is 16.8. The minimum atomic E-state index is -1.43. The maximum atomic E-state index is 11.9. The predicted molar refractivity (Wildman–Crippen MR) is 102 cm³/mol. The summed E-state index contributed by atoms with van der Waals surface area (Å²) in [6, 6.07) is 6.32. The van der Waals surface area contributed by atoms with Gasteiger partial charge >= 0.3 is 12.1 Å². The molecule has 1 atom stereocenters. The molecule has 0 bridgehead atoms. The summed E-state index contributed by atoms with van der Waals surface area (Å²) in [5, 5.41) is 12.2. The summed E-state index contributed by atoms with van der Waals surface area (Å²) in [4.78, 5) is 34.9. The zero-order valence-corrected chi connectivity index (χ0v) is 16.8. The van der Waals surface area contributed by atoms with Crippen LogP contribution in [-0.2, 0) is 14.3 Å². The largest absolute Gasteiger partial charge is 0.490 e. The molecule has 0 heterocycles. The molecule has 1 unspecified atom stereocenters. The van der Waals surface area contributed by atoms with Gasteiger partial charge in [0.15, 0.2) is 5.78 Å². The highest BCUT2D eigenvalue weighted by Gasteiger charge is 2.24. The van der Waals surface area contributed by atoms with Crippen molar-refractivity contribution in [2.75, 3.05) is 26.4 Å². The van der Waals surface area contributed by atoms with Crippen LogP contribution in [0.5, 0.6) is 5.75 Å². The molecule has 0 spiro atoms. The van der Waals surface area contributed by atoms with Gasteiger partial charge in [-0.2, -0.15) is 0 Å². The number of benzene rings is 1. The van der Waals surface area contributed by atoms with Crippen LogP contribution in [-0.4, -0.2) is 54.9 Å². The van der Waals surface area contributed by atoms with E-state index in [2.05, 4.69) is 5.32 Å². The first-order chi connectivity index (χ1) is 13.1. The standard InChI is InChI=1S/C20H29NO7/c1-5-14(2)18(23)27-11-10-21-19(24)28-13-12-26-16-8-6-15(7-9-16)17(22)20(3,4)25/h6-9,14,25H,5,10-13H2,1-4H3,(H,21,24). The van der Waals surface area contributed by atoms with Crippen LogP contribution in [0.2, 0.25) is 0 Å². The van der Waals surface area contributed by atoms with Crippen molar-refractivity contribution in [3.8, 4) is 5.75 Å². The van der Waals surface area contributed by atoms with Gasteiger partial charge in [0.25, 0.3) is 0 Å². The summed E-state index contributed by atoms with van der Waals surface area (Å²) in [5.74, 6) is -0.324. The van der Waals surface area contributed by atoms with Crippen molar-refractivity contribution in [1.29, 1.82) is 0 Å². The molecule has 0 radical (unpaired) electrons. The van der Waals surface area contributed by atoms with Gasteiger partial charge in [0.1, 0.15) is 31.2 Å². The van der Waals surface area contributed by atoms with Gasteiger partial charge in [-0.25, -0.2) is 4.79 Å². The molecule has 8 nitrogen and oxygen atoms in total. The van der Waals surface area contributed by atoms with E-state index >= 15 is 0 Å². The SMILES string of the molecule is CCC(C)C(=O)OCCNC(=O)OCCOc1ccc(C(=O)C(C)(C)O)cc1. The monoisotopic (exact) mass is 395 g/mol. The summed E-state index contributed by atoms with van der Waals surface area (Å²) in [5.41, 5.74) is -1.06. The Morgan fingerprint density at radius 1 is 1.07 bits per heavy atom. The number of esters is 1. The number of Topliss-reactive ketones (excluding diaryl/α,β-unsaturated/α-hetero) is 1. The van der Waals surface area contributed by atoms with Crippen molar-refractivity contribution in [1.82, 2.24) is 5.32 Å². The van der Waals surface area contributed by atoms with Crippen molar-refractivity contribution >= 4 is 17.8 Å². The van der Waals surface area contributed by atoms with E-state index in [0.29, 0.717) is 17.7 Å². The summed E-state index contributed by atoms with van der Waals surface area (Å²) in [7, 11) is 0. The van der Waals surface area contributed by atoms with Crippen molar-refractivity contribution in [3.05, 3.63) is 29.8 Å². The number of amides is 1. The van der Waals surface area contributed by atoms with Crippen LogP contribution in [0.25, 0.3) is 0 Å². The number of carbonyl (C=O) groups excluding carboxylic acids is 3. The second kappa shape index (κ2) is 11.3. The van der Waals surface area contributed by atoms with E-state index in [9.17, 15) is 19.5 Å². The van der Waals surface area contributed by atoms with Crippen LogP contribution in [0.3, 0.4) is 0 Å². The average molecular weight is 395 g/mol. The van der Waals surface area contributed by atoms with Gasteiger partial charge in [-0.3, -0.25) is 9.59 Å². The first-order valence-electron chi connectivity index (χ1n) is 9.22. The summed E-state index contributed by atoms with van der Waals surface area (Å²) >= 11 is 0. The van der Waals surface area contributed by atoms with Gasteiger partial charge in [-0.05, 0) is 44.5 Å². The molecule has 28 heavy (non-hydrogen) atoms. The first-order valence-corrected chi connectivity index (χ1v) is 9.22. The molecular weight excluding hydrogens is 366 g/mol. The number of carbonyl (C=O) groups is 3. The molecule has 1 rings (SSSR count). The molecule has 0 saturated carbocycles. The maximum absolute atomic E-state index is 11.9. The fraction of sp³-hybridized carbons (Fsp3) is 0.550. The fourth-order valence-corrected chi connectivity index (χ4v) is 2.01. The normalized spacial score (nSPS) is 12.0. The quantitative estimate of drug-likeness (QED) is 0.336. The first kappa shape index (κ1) is 23.4. The minimum Gasteiger partial charge on any atom is -0.490 e. The molecule has 0 aromatic heterocycles. The molecule has 1 amide bonds. The van der Waals surface area contributed by atoms with E-state index in [0.717, 1.165) is 0 Å². The highest BCUT2D eigenvalue weighted by Crippen LogP contribution is 2.17. The third-order valence-electron chi connectivity index (χ3n) is 3.89. The highest BCUT2D eigenvalue weighted by molar-refractivity contribution is 6.01. The van der Waals surface area contributed by atoms with Gasteiger partial charge in [-0.1, -0.05) is 13.8 Å². The predicted octanol–water partition coefficient (Wildman–Crippen LogP) is 2.33. The van der Waals surface area contributed by atoms with E-state index < -0.39 is 11.7 Å². The minimum absolute atomic E-state index is 0.0306. The third kappa shape index (κ3) is 8.39. The lowest BCUT2D eigenvalue weighted by molar-refractivity contribution is -0.147. The molecule has 8 heteroatoms. The average Bonchev–Trinajstić information content (AvgIpc) is 2.66. The van der Waals surface area contributed by atoms with Gasteiger partial charge < -0.3 is 24.6 Å². The Balaban J connectivity index is 2.20. The Morgan fingerprint density at radius 2 is 1.71 bits per heavy atom. The molecule has 0 aliphatic carbocycles. The maximum Gasteiger partial charge on any atom is 0.407 e. The molecule has 0 aliphatic rings. The number of aliphatic hydroxyl groups is 1. The topological polar surface area (TPSA) is 111 Å². The van der Waals surface area contributed by atoms with Gasteiger partial charge in [0, 0.05) is 5.56 Å². The van der Waals surface area contributed by atoms with Crippen LogP contribution < -0.4 is 10.1 Å². The van der Waals surface area contributed by atoms with E-state index in [4.69, 9.17) is 14.2 Å². The Labute approximate surface area is 165 Å². The molecule has 0 saturated heterocycles. The van der Waals surface area contributed by atoms with Crippen molar-refractivity contribution in [3.63, 3.8) is 0 Å². The second-order valence-electron chi connectivity index (χ2n) is 6.80. The van der Waals surface area contributed by atoms with Crippen molar-refractivity contribution in [2.45, 2.75) is 39.7 Å². The Morgan fingerprint density at radius 3 is 2.29 bits per heavy atom. The van der Waals surface area contributed by atoms with Crippen LogP contribution in [0, 0.1) is 5.92 Å². The number of nitrogens with one attached hydrogen (secondary N) is 1. The van der Waals surface area contributed by atoms with Gasteiger partial charge in [0.05, 0.1) is 12.5 Å². The molecule has 1 aromatic rings. The molecule has 0 fully saturated rings. The Kier molecular flexibility index (Phi) is 9.44. The van der Waals surface area contributed by atoms with Crippen LogP contribution in [0.15, 0.2) is 24.3 Å².